The van der Waals surface area contributed by atoms with Crippen LogP contribution in [-0.4, -0.2) is 43.1 Å². The number of hydrogen-bond donors (Lipinski definition) is 1. The number of hydrogen-bond acceptors (Lipinski definition) is 4. The van der Waals surface area contributed by atoms with Gasteiger partial charge in [0.25, 0.3) is 0 Å². The van der Waals surface area contributed by atoms with E-state index in [1.54, 1.807) is 20.2 Å². The van der Waals surface area contributed by atoms with Gasteiger partial charge in [0.2, 0.25) is 10.0 Å². The molecule has 1 aromatic heterocycles. The number of nitrogens with one attached hydrogen (secondary N) is 1. The Morgan fingerprint density at radius 1 is 1.00 bits per heavy atom. The average molecular weight is 403 g/mol. The predicted molar refractivity (Wildman–Crippen MR) is 111 cm³/mol. The number of rotatable bonds is 6. The van der Waals surface area contributed by atoms with E-state index in [0.29, 0.717) is 11.0 Å². The number of aromatic nitrogens is 2. The average Bonchev–Trinajstić information content (AvgIpc) is 2.87. The Morgan fingerprint density at radius 2 is 1.61 bits per heavy atom. The minimum absolute atomic E-state index is 0.0970. The maximum Gasteiger partial charge on any atom is 0.328 e. The fourth-order valence-electron chi connectivity index (χ4n) is 3.31. The van der Waals surface area contributed by atoms with Gasteiger partial charge in [-0.3, -0.25) is 9.13 Å². The molecule has 28 heavy (non-hydrogen) atoms. The second-order valence-corrected chi connectivity index (χ2v) is 9.06. The molecule has 1 unspecified atom stereocenters. The summed E-state index contributed by atoms with van der Waals surface area (Å²) < 4.78 is 31.4. The van der Waals surface area contributed by atoms with Crippen LogP contribution in [0.25, 0.3) is 11.0 Å². The molecule has 150 valence electrons. The quantitative estimate of drug-likeness (QED) is 0.682. The lowest BCUT2D eigenvalue weighted by molar-refractivity contribution is 0.299. The third-order valence-electron chi connectivity index (χ3n) is 5.11. The van der Waals surface area contributed by atoms with Crippen molar-refractivity contribution in [1.82, 2.24) is 18.8 Å². The fraction of sp³-hybridized carbons (Fsp3) is 0.350. The molecule has 7 nitrogen and oxygen atoms in total. The van der Waals surface area contributed by atoms with E-state index < -0.39 is 10.0 Å². The van der Waals surface area contributed by atoms with Gasteiger partial charge in [-0.1, -0.05) is 29.8 Å². The summed E-state index contributed by atoms with van der Waals surface area (Å²) in [7, 11) is 3.42. The van der Waals surface area contributed by atoms with Gasteiger partial charge in [-0.2, -0.15) is 0 Å². The van der Waals surface area contributed by atoms with Crippen molar-refractivity contribution in [3.63, 3.8) is 0 Å². The van der Waals surface area contributed by atoms with Crippen molar-refractivity contribution in [2.75, 3.05) is 20.6 Å². The summed E-state index contributed by atoms with van der Waals surface area (Å²) in [6.45, 7) is 2.26. The van der Waals surface area contributed by atoms with Crippen molar-refractivity contribution in [1.29, 1.82) is 0 Å². The molecule has 1 heterocycles. The van der Waals surface area contributed by atoms with Crippen LogP contribution >= 0.6 is 0 Å². The molecule has 0 radical (unpaired) electrons. The summed E-state index contributed by atoms with van der Waals surface area (Å²) in [5, 5.41) is 0. The van der Waals surface area contributed by atoms with Crippen molar-refractivity contribution in [2.24, 2.45) is 14.1 Å². The van der Waals surface area contributed by atoms with Gasteiger partial charge < -0.3 is 4.90 Å². The van der Waals surface area contributed by atoms with Crippen molar-refractivity contribution in [3.05, 3.63) is 64.1 Å². The largest absolute Gasteiger partial charge is 0.328 e. The second kappa shape index (κ2) is 7.54. The molecular formula is C20H26N4O3S. The lowest BCUT2D eigenvalue weighted by Gasteiger charge is -2.25. The summed E-state index contributed by atoms with van der Waals surface area (Å²) >= 11 is 0. The van der Waals surface area contributed by atoms with Crippen LogP contribution in [0.2, 0.25) is 0 Å². The van der Waals surface area contributed by atoms with Crippen molar-refractivity contribution in [3.8, 4) is 0 Å². The summed E-state index contributed by atoms with van der Waals surface area (Å²) in [5.41, 5.74) is 3.28. The number of benzene rings is 2. The molecule has 0 amide bonds. The summed E-state index contributed by atoms with van der Waals surface area (Å²) in [5.74, 6) is 0. The molecule has 1 N–H and O–H groups in total. The molecule has 0 spiro atoms. The molecular weight excluding hydrogens is 376 g/mol. The molecule has 0 bridgehead atoms. The summed E-state index contributed by atoms with van der Waals surface area (Å²) in [4.78, 5) is 14.2. The number of fused-ring (bicyclic) bond motifs is 1. The normalized spacial score (nSPS) is 13.4. The van der Waals surface area contributed by atoms with Gasteiger partial charge in [-0.25, -0.2) is 17.9 Å². The monoisotopic (exact) mass is 402 g/mol. The van der Waals surface area contributed by atoms with Crippen molar-refractivity contribution >= 4 is 21.1 Å². The van der Waals surface area contributed by atoms with Crippen LogP contribution in [0.1, 0.15) is 17.2 Å². The lowest BCUT2D eigenvalue weighted by Crippen LogP contribution is -2.34. The first kappa shape index (κ1) is 20.3. The molecule has 0 aliphatic heterocycles. The van der Waals surface area contributed by atoms with Gasteiger partial charge in [0.05, 0.1) is 15.9 Å². The third kappa shape index (κ3) is 3.76. The number of sulfonamides is 1. The summed E-state index contributed by atoms with van der Waals surface area (Å²) in [6.07, 6.45) is 0. The smallest absolute Gasteiger partial charge is 0.301 e. The molecule has 3 rings (SSSR count). The number of likely N-dealkylation sites (N-methyl/N-ethyl adjacent to an activating group) is 1. The van der Waals surface area contributed by atoms with E-state index in [2.05, 4.69) is 4.72 Å². The minimum atomic E-state index is -3.72. The van der Waals surface area contributed by atoms with Crippen LogP contribution in [0, 0.1) is 6.92 Å². The van der Waals surface area contributed by atoms with Gasteiger partial charge in [-0.15, -0.1) is 0 Å². The maximum absolute atomic E-state index is 12.9. The Balaban J connectivity index is 1.88. The maximum atomic E-state index is 12.9. The molecule has 0 saturated carbocycles. The highest BCUT2D eigenvalue weighted by Crippen LogP contribution is 2.21. The fourth-order valence-corrected chi connectivity index (χ4v) is 4.37. The Morgan fingerprint density at radius 3 is 2.21 bits per heavy atom. The van der Waals surface area contributed by atoms with Crippen molar-refractivity contribution < 1.29 is 8.42 Å². The van der Waals surface area contributed by atoms with Crippen LogP contribution < -0.4 is 10.4 Å². The van der Waals surface area contributed by atoms with E-state index in [0.717, 1.165) is 11.1 Å². The molecule has 0 aliphatic rings. The van der Waals surface area contributed by atoms with Crippen LogP contribution in [0.3, 0.4) is 0 Å². The third-order valence-corrected chi connectivity index (χ3v) is 6.53. The zero-order chi connectivity index (χ0) is 20.6. The first-order valence-electron chi connectivity index (χ1n) is 9.00. The highest BCUT2D eigenvalue weighted by atomic mass is 32.2. The predicted octanol–water partition coefficient (Wildman–Crippen LogP) is 1.77. The van der Waals surface area contributed by atoms with Crippen LogP contribution in [0.5, 0.6) is 0 Å². The second-order valence-electron chi connectivity index (χ2n) is 7.29. The van der Waals surface area contributed by atoms with E-state index >= 15 is 0 Å². The molecule has 2 aromatic carbocycles. The highest BCUT2D eigenvalue weighted by Gasteiger charge is 2.21. The summed E-state index contributed by atoms with van der Waals surface area (Å²) in [6, 6.07) is 12.7. The van der Waals surface area contributed by atoms with E-state index in [4.69, 9.17) is 0 Å². The number of aryl methyl sites for hydroxylation is 3. The first-order valence-corrected chi connectivity index (χ1v) is 10.5. The van der Waals surface area contributed by atoms with Crippen LogP contribution in [0.4, 0.5) is 0 Å². The van der Waals surface area contributed by atoms with Gasteiger partial charge in [0.15, 0.2) is 0 Å². The Kier molecular flexibility index (Phi) is 5.47. The topological polar surface area (TPSA) is 76.3 Å². The first-order chi connectivity index (χ1) is 13.1. The zero-order valence-corrected chi connectivity index (χ0v) is 17.6. The standard InChI is InChI=1S/C20H26N4O3S/c1-14-6-8-15(9-7-14)19(22(2)3)13-21-28(26,27)16-10-11-17-18(12-16)24(5)20(25)23(17)4/h6-12,19,21H,13H2,1-5H3. The molecule has 0 saturated heterocycles. The zero-order valence-electron chi connectivity index (χ0n) is 16.8. The van der Waals surface area contributed by atoms with E-state index in [9.17, 15) is 13.2 Å². The SMILES string of the molecule is Cc1ccc(C(CNS(=O)(=O)c2ccc3c(c2)n(C)c(=O)n3C)N(C)C)cc1. The molecule has 3 aromatic rings. The molecule has 1 atom stereocenters. The molecule has 8 heteroatoms. The van der Waals surface area contributed by atoms with E-state index in [1.165, 1.54) is 21.3 Å². The van der Waals surface area contributed by atoms with Gasteiger partial charge in [0, 0.05) is 26.7 Å². The Hall–Kier alpha value is -2.42. The van der Waals surface area contributed by atoms with Gasteiger partial charge in [0.1, 0.15) is 0 Å². The van der Waals surface area contributed by atoms with Crippen molar-refractivity contribution in [2.45, 2.75) is 17.9 Å². The van der Waals surface area contributed by atoms with Gasteiger partial charge >= 0.3 is 5.69 Å². The number of nitrogens with zero attached hydrogens (tertiary/aromatic N) is 3. The van der Waals surface area contributed by atoms with E-state index in [-0.39, 0.29) is 23.2 Å². The Bertz CT molecular complexity index is 1160. The molecule has 0 aliphatic carbocycles. The Labute approximate surface area is 165 Å². The number of imidazole rings is 1. The van der Waals surface area contributed by atoms with Crippen LogP contribution in [0.15, 0.2) is 52.2 Å². The lowest BCUT2D eigenvalue weighted by atomic mass is 10.0. The van der Waals surface area contributed by atoms with E-state index in [1.807, 2.05) is 50.2 Å². The van der Waals surface area contributed by atoms with Crippen LogP contribution in [-0.2, 0) is 24.1 Å². The van der Waals surface area contributed by atoms with Gasteiger partial charge in [-0.05, 0) is 44.8 Å². The minimum Gasteiger partial charge on any atom is -0.301 e. The molecule has 0 fully saturated rings. The highest BCUT2D eigenvalue weighted by molar-refractivity contribution is 7.89.